The predicted octanol–water partition coefficient (Wildman–Crippen LogP) is 2.00. The molecule has 19 heavy (non-hydrogen) atoms. The molecule has 1 atom stereocenters. The van der Waals surface area contributed by atoms with Crippen LogP contribution in [-0.4, -0.2) is 21.5 Å². The van der Waals surface area contributed by atoms with Gasteiger partial charge in [-0.2, -0.15) is 0 Å². The average molecular weight is 278 g/mol. The predicted molar refractivity (Wildman–Crippen MR) is 78.2 cm³/mol. The van der Waals surface area contributed by atoms with Crippen LogP contribution in [0, 0.1) is 0 Å². The average Bonchev–Trinajstić information content (AvgIpc) is 2.98. The molecule has 0 saturated heterocycles. The smallest absolute Gasteiger partial charge is 0.148 e. The van der Waals surface area contributed by atoms with Gasteiger partial charge in [0.15, 0.2) is 0 Å². The third-order valence-corrected chi connectivity index (χ3v) is 3.89. The van der Waals surface area contributed by atoms with Crippen LogP contribution in [0.4, 0.5) is 11.6 Å². The molecule has 2 aromatic rings. The number of nitrogens with two attached hydrogens (primary N) is 1. The lowest BCUT2D eigenvalue weighted by molar-refractivity contribution is 0.789. The van der Waals surface area contributed by atoms with E-state index in [1.807, 2.05) is 11.6 Å². The van der Waals surface area contributed by atoms with Gasteiger partial charge in [-0.15, -0.1) is 11.3 Å². The molecule has 0 spiro atoms. The number of nitrogens with zero attached hydrogens (tertiary/aromatic N) is 3. The van der Waals surface area contributed by atoms with E-state index in [1.54, 1.807) is 11.3 Å². The molecule has 0 aromatic carbocycles. The molecule has 2 rings (SSSR count). The van der Waals surface area contributed by atoms with E-state index in [9.17, 15) is 0 Å². The van der Waals surface area contributed by atoms with Crippen molar-refractivity contribution in [1.82, 2.24) is 15.0 Å². The van der Waals surface area contributed by atoms with Crippen molar-refractivity contribution >= 4 is 23.0 Å². The second-order valence-corrected chi connectivity index (χ2v) is 5.13. The fourth-order valence-corrected chi connectivity index (χ4v) is 2.54. The summed E-state index contributed by atoms with van der Waals surface area (Å²) in [5.74, 6) is 7.29. The van der Waals surface area contributed by atoms with Crippen LogP contribution in [0.1, 0.15) is 30.3 Å². The number of rotatable bonds is 6. The van der Waals surface area contributed by atoms with Crippen molar-refractivity contribution in [3.05, 3.63) is 28.5 Å². The van der Waals surface area contributed by atoms with Gasteiger partial charge in [-0.25, -0.2) is 20.8 Å². The second-order valence-electron chi connectivity index (χ2n) is 4.20. The molecule has 0 aliphatic carbocycles. The van der Waals surface area contributed by atoms with Gasteiger partial charge in [0.1, 0.15) is 18.0 Å². The fraction of sp³-hybridized carbons (Fsp3) is 0.417. The van der Waals surface area contributed by atoms with E-state index >= 15 is 0 Å². The van der Waals surface area contributed by atoms with Gasteiger partial charge < -0.3 is 10.7 Å². The molecule has 0 aliphatic heterocycles. The Labute approximate surface area is 116 Å². The summed E-state index contributed by atoms with van der Waals surface area (Å²) in [6.45, 7) is 4.97. The van der Waals surface area contributed by atoms with E-state index in [2.05, 4.69) is 39.5 Å². The summed E-state index contributed by atoms with van der Waals surface area (Å²) < 4.78 is 0. The number of hydrogen-bond donors (Lipinski definition) is 3. The van der Waals surface area contributed by atoms with Gasteiger partial charge in [0.05, 0.1) is 5.01 Å². The van der Waals surface area contributed by atoms with Gasteiger partial charge >= 0.3 is 0 Å². The topological polar surface area (TPSA) is 88.8 Å². The summed E-state index contributed by atoms with van der Waals surface area (Å²) in [4.78, 5) is 12.7. The first kappa shape index (κ1) is 13.7. The number of nitrogen functional groups attached to an aromatic ring is 1. The Bertz CT molecular complexity index is 513. The van der Waals surface area contributed by atoms with Crippen LogP contribution in [0.3, 0.4) is 0 Å². The van der Waals surface area contributed by atoms with E-state index in [4.69, 9.17) is 5.84 Å². The van der Waals surface area contributed by atoms with Crippen LogP contribution in [0.15, 0.2) is 17.9 Å². The van der Waals surface area contributed by atoms with Gasteiger partial charge in [0, 0.05) is 29.6 Å². The normalized spacial score (nSPS) is 12.2. The Balaban J connectivity index is 2.07. The number of hydrogen-bond acceptors (Lipinski definition) is 7. The molecule has 0 amide bonds. The highest BCUT2D eigenvalue weighted by molar-refractivity contribution is 7.09. The number of anilines is 2. The van der Waals surface area contributed by atoms with Crippen LogP contribution in [-0.2, 0) is 6.42 Å². The summed E-state index contributed by atoms with van der Waals surface area (Å²) in [5, 5.41) is 6.46. The van der Waals surface area contributed by atoms with E-state index < -0.39 is 0 Å². The third-order valence-electron chi connectivity index (χ3n) is 2.88. The highest BCUT2D eigenvalue weighted by Gasteiger charge is 2.12. The fourth-order valence-electron chi connectivity index (χ4n) is 1.84. The standard InChI is InChI=1S/C12H18N6S/c1-3-9-10(16-7-17-11(9)18-13)15-6-8(2)12-14-4-5-19-12/h4-5,7-8H,3,6,13H2,1-2H3,(H2,15,16,17,18). The Morgan fingerprint density at radius 1 is 1.32 bits per heavy atom. The summed E-state index contributed by atoms with van der Waals surface area (Å²) in [7, 11) is 0. The zero-order valence-corrected chi connectivity index (χ0v) is 11.9. The van der Waals surface area contributed by atoms with Crippen LogP contribution < -0.4 is 16.6 Å². The Kier molecular flexibility index (Phi) is 4.64. The maximum absolute atomic E-state index is 5.45. The summed E-state index contributed by atoms with van der Waals surface area (Å²) in [6, 6.07) is 0. The van der Waals surface area contributed by atoms with Gasteiger partial charge in [-0.3, -0.25) is 0 Å². The minimum absolute atomic E-state index is 0.342. The van der Waals surface area contributed by atoms with Crippen LogP contribution in [0.25, 0.3) is 0 Å². The van der Waals surface area contributed by atoms with Crippen molar-refractivity contribution in [2.24, 2.45) is 5.84 Å². The molecule has 6 nitrogen and oxygen atoms in total. The van der Waals surface area contributed by atoms with Crippen molar-refractivity contribution in [3.63, 3.8) is 0 Å². The molecule has 0 fully saturated rings. The lowest BCUT2D eigenvalue weighted by Crippen LogP contribution is -2.16. The zero-order valence-electron chi connectivity index (χ0n) is 11.1. The highest BCUT2D eigenvalue weighted by Crippen LogP contribution is 2.22. The molecular weight excluding hydrogens is 260 g/mol. The second kappa shape index (κ2) is 6.44. The lowest BCUT2D eigenvalue weighted by atomic mass is 10.1. The van der Waals surface area contributed by atoms with Crippen molar-refractivity contribution in [2.45, 2.75) is 26.2 Å². The molecule has 2 aromatic heterocycles. The van der Waals surface area contributed by atoms with E-state index in [0.29, 0.717) is 11.7 Å². The maximum Gasteiger partial charge on any atom is 0.148 e. The van der Waals surface area contributed by atoms with Gasteiger partial charge in [0.25, 0.3) is 0 Å². The summed E-state index contributed by atoms with van der Waals surface area (Å²) >= 11 is 1.67. The minimum Gasteiger partial charge on any atom is -0.369 e. The molecule has 0 bridgehead atoms. The summed E-state index contributed by atoms with van der Waals surface area (Å²) in [5.41, 5.74) is 3.60. The third kappa shape index (κ3) is 3.18. The first-order valence-corrected chi connectivity index (χ1v) is 7.08. The highest BCUT2D eigenvalue weighted by atomic mass is 32.1. The molecule has 0 radical (unpaired) electrons. The van der Waals surface area contributed by atoms with Gasteiger partial charge in [-0.05, 0) is 6.42 Å². The molecule has 102 valence electrons. The molecular formula is C12H18N6S. The van der Waals surface area contributed by atoms with E-state index in [-0.39, 0.29) is 0 Å². The zero-order chi connectivity index (χ0) is 13.7. The molecule has 0 saturated carbocycles. The SMILES string of the molecule is CCc1c(NN)ncnc1NCC(C)c1nccs1. The first-order chi connectivity index (χ1) is 9.26. The van der Waals surface area contributed by atoms with Gasteiger partial charge in [0.2, 0.25) is 0 Å². The largest absolute Gasteiger partial charge is 0.369 e. The first-order valence-electron chi connectivity index (χ1n) is 6.20. The molecule has 0 aliphatic rings. The van der Waals surface area contributed by atoms with Gasteiger partial charge in [-0.1, -0.05) is 13.8 Å². The Morgan fingerprint density at radius 2 is 2.11 bits per heavy atom. The summed E-state index contributed by atoms with van der Waals surface area (Å²) in [6.07, 6.45) is 4.15. The molecule has 4 N–H and O–H groups in total. The Hall–Kier alpha value is -1.73. The Morgan fingerprint density at radius 3 is 2.74 bits per heavy atom. The quantitative estimate of drug-likeness (QED) is 0.553. The molecule has 7 heteroatoms. The molecule has 1 unspecified atom stereocenters. The van der Waals surface area contributed by atoms with Crippen molar-refractivity contribution < 1.29 is 0 Å². The number of thiazole rings is 1. The number of nitrogens with one attached hydrogen (secondary N) is 2. The molecule has 2 heterocycles. The monoisotopic (exact) mass is 278 g/mol. The van der Waals surface area contributed by atoms with E-state index in [1.165, 1.54) is 6.33 Å². The lowest BCUT2D eigenvalue weighted by Gasteiger charge is -2.14. The van der Waals surface area contributed by atoms with E-state index in [0.717, 1.165) is 29.4 Å². The van der Waals surface area contributed by atoms with Crippen LogP contribution in [0.2, 0.25) is 0 Å². The number of aromatic nitrogens is 3. The van der Waals surface area contributed by atoms with Crippen molar-refractivity contribution in [2.75, 3.05) is 17.3 Å². The van der Waals surface area contributed by atoms with Crippen molar-refractivity contribution in [1.29, 1.82) is 0 Å². The minimum atomic E-state index is 0.342. The van der Waals surface area contributed by atoms with Crippen LogP contribution in [0.5, 0.6) is 0 Å². The maximum atomic E-state index is 5.45. The van der Waals surface area contributed by atoms with Crippen LogP contribution >= 0.6 is 11.3 Å². The number of hydrazine groups is 1. The van der Waals surface area contributed by atoms with Crippen molar-refractivity contribution in [3.8, 4) is 0 Å².